The van der Waals surface area contributed by atoms with Gasteiger partial charge in [-0.1, -0.05) is 18.2 Å². The number of aryl methyl sites for hydroxylation is 2. The first-order valence-corrected chi connectivity index (χ1v) is 6.08. The molecule has 0 bridgehead atoms. The predicted octanol–water partition coefficient (Wildman–Crippen LogP) is 3.45. The molecule has 0 unspecified atom stereocenters. The number of rotatable bonds is 5. The SMILES string of the molecule is C=C(COc1cc(C)c(Cl)c(C)c1)C(=O)OCC. The molecule has 0 heterocycles. The first kappa shape index (κ1) is 14.6. The maximum absolute atomic E-state index is 11.3. The second-order valence-corrected chi connectivity index (χ2v) is 4.36. The van der Waals surface area contributed by atoms with E-state index in [1.807, 2.05) is 26.0 Å². The molecule has 3 nitrogen and oxygen atoms in total. The second-order valence-electron chi connectivity index (χ2n) is 3.98. The van der Waals surface area contributed by atoms with Gasteiger partial charge in [-0.25, -0.2) is 4.79 Å². The molecule has 0 N–H and O–H groups in total. The van der Waals surface area contributed by atoms with Crippen molar-refractivity contribution in [2.45, 2.75) is 20.8 Å². The maximum Gasteiger partial charge on any atom is 0.336 e. The number of esters is 1. The van der Waals surface area contributed by atoms with Gasteiger partial charge in [0.25, 0.3) is 0 Å². The number of carbonyl (C=O) groups excluding carboxylic acids is 1. The van der Waals surface area contributed by atoms with Gasteiger partial charge in [0.15, 0.2) is 0 Å². The van der Waals surface area contributed by atoms with Crippen LogP contribution >= 0.6 is 11.6 Å². The van der Waals surface area contributed by atoms with Gasteiger partial charge >= 0.3 is 5.97 Å². The minimum Gasteiger partial charge on any atom is -0.489 e. The number of hydrogen-bond donors (Lipinski definition) is 0. The average Bonchev–Trinajstić information content (AvgIpc) is 2.33. The lowest BCUT2D eigenvalue weighted by Gasteiger charge is -2.10. The highest BCUT2D eigenvalue weighted by Gasteiger charge is 2.09. The Morgan fingerprint density at radius 3 is 2.39 bits per heavy atom. The van der Waals surface area contributed by atoms with Crippen LogP contribution in [0.25, 0.3) is 0 Å². The van der Waals surface area contributed by atoms with Crippen LogP contribution in [0.4, 0.5) is 0 Å². The van der Waals surface area contributed by atoms with Crippen LogP contribution in [0.3, 0.4) is 0 Å². The van der Waals surface area contributed by atoms with E-state index in [0.717, 1.165) is 16.1 Å². The summed E-state index contributed by atoms with van der Waals surface area (Å²) in [7, 11) is 0. The van der Waals surface area contributed by atoms with Crippen molar-refractivity contribution in [1.82, 2.24) is 0 Å². The molecule has 1 aromatic rings. The first-order chi connectivity index (χ1) is 8.45. The fourth-order valence-electron chi connectivity index (χ4n) is 1.45. The first-order valence-electron chi connectivity index (χ1n) is 5.70. The highest BCUT2D eigenvalue weighted by molar-refractivity contribution is 6.32. The number of halogens is 1. The molecule has 0 amide bonds. The third-order valence-electron chi connectivity index (χ3n) is 2.39. The summed E-state index contributed by atoms with van der Waals surface area (Å²) < 4.78 is 10.3. The van der Waals surface area contributed by atoms with Crippen LogP contribution in [0.15, 0.2) is 24.3 Å². The van der Waals surface area contributed by atoms with Crippen LogP contribution in [0, 0.1) is 13.8 Å². The quantitative estimate of drug-likeness (QED) is 0.606. The van der Waals surface area contributed by atoms with Crippen molar-refractivity contribution in [3.05, 3.63) is 40.4 Å². The topological polar surface area (TPSA) is 35.5 Å². The highest BCUT2D eigenvalue weighted by atomic mass is 35.5. The predicted molar refractivity (Wildman–Crippen MR) is 72.2 cm³/mol. The van der Waals surface area contributed by atoms with E-state index in [1.54, 1.807) is 6.92 Å². The summed E-state index contributed by atoms with van der Waals surface area (Å²) in [5.41, 5.74) is 2.17. The van der Waals surface area contributed by atoms with E-state index in [4.69, 9.17) is 21.1 Å². The van der Waals surface area contributed by atoms with E-state index < -0.39 is 5.97 Å². The summed E-state index contributed by atoms with van der Waals surface area (Å²) in [6.45, 7) is 9.62. The molecule has 0 fully saturated rings. The molecule has 0 spiro atoms. The zero-order valence-corrected chi connectivity index (χ0v) is 11.6. The number of ether oxygens (including phenoxy) is 2. The van der Waals surface area contributed by atoms with E-state index in [-0.39, 0.29) is 6.61 Å². The van der Waals surface area contributed by atoms with Crippen molar-refractivity contribution in [3.8, 4) is 5.75 Å². The van der Waals surface area contributed by atoms with Crippen molar-refractivity contribution in [3.63, 3.8) is 0 Å². The third-order valence-corrected chi connectivity index (χ3v) is 2.98. The van der Waals surface area contributed by atoms with Gasteiger partial charge in [0, 0.05) is 5.02 Å². The lowest BCUT2D eigenvalue weighted by atomic mass is 10.1. The summed E-state index contributed by atoms with van der Waals surface area (Å²) in [5, 5.41) is 0.728. The Morgan fingerprint density at radius 1 is 1.33 bits per heavy atom. The third kappa shape index (κ3) is 3.77. The molecule has 98 valence electrons. The van der Waals surface area contributed by atoms with E-state index in [1.165, 1.54) is 0 Å². The van der Waals surface area contributed by atoms with Crippen LogP contribution in [0.1, 0.15) is 18.1 Å². The molecule has 1 aromatic carbocycles. The molecule has 0 aromatic heterocycles. The molecule has 0 aliphatic carbocycles. The highest BCUT2D eigenvalue weighted by Crippen LogP contribution is 2.26. The van der Waals surface area contributed by atoms with Crippen molar-refractivity contribution in [1.29, 1.82) is 0 Å². The molecule has 18 heavy (non-hydrogen) atoms. The standard InChI is InChI=1S/C14H17ClO3/c1-5-17-14(16)11(4)8-18-12-6-9(2)13(15)10(3)7-12/h6-7H,4-5,8H2,1-3H3. The van der Waals surface area contributed by atoms with E-state index in [0.29, 0.717) is 17.9 Å². The minimum absolute atomic E-state index is 0.110. The van der Waals surface area contributed by atoms with Gasteiger partial charge in [0.05, 0.1) is 12.2 Å². The minimum atomic E-state index is -0.431. The van der Waals surface area contributed by atoms with Gasteiger partial charge in [0.2, 0.25) is 0 Å². The molecule has 0 aliphatic heterocycles. The summed E-state index contributed by atoms with van der Waals surface area (Å²) in [5.74, 6) is 0.236. The molecule has 0 radical (unpaired) electrons. The molecule has 0 aliphatic rings. The Balaban J connectivity index is 2.64. The van der Waals surface area contributed by atoms with Crippen molar-refractivity contribution >= 4 is 17.6 Å². The fraction of sp³-hybridized carbons (Fsp3) is 0.357. The van der Waals surface area contributed by atoms with E-state index in [2.05, 4.69) is 6.58 Å². The average molecular weight is 269 g/mol. The molecule has 0 saturated heterocycles. The van der Waals surface area contributed by atoms with Gasteiger partial charge in [-0.3, -0.25) is 0 Å². The molecule has 0 atom stereocenters. The molecule has 1 rings (SSSR count). The van der Waals surface area contributed by atoms with Crippen molar-refractivity contribution in [2.24, 2.45) is 0 Å². The second kappa shape index (κ2) is 6.45. The lowest BCUT2D eigenvalue weighted by Crippen LogP contribution is -2.13. The lowest BCUT2D eigenvalue weighted by molar-refractivity contribution is -0.138. The van der Waals surface area contributed by atoms with Crippen LogP contribution < -0.4 is 4.74 Å². The maximum atomic E-state index is 11.3. The van der Waals surface area contributed by atoms with Gasteiger partial charge in [-0.05, 0) is 44.0 Å². The Hall–Kier alpha value is -1.48. The summed E-state index contributed by atoms with van der Waals surface area (Å²) in [6.07, 6.45) is 0. The van der Waals surface area contributed by atoms with Gasteiger partial charge < -0.3 is 9.47 Å². The van der Waals surface area contributed by atoms with Crippen LogP contribution in [-0.2, 0) is 9.53 Å². The molecule has 0 saturated carbocycles. The van der Waals surface area contributed by atoms with Gasteiger partial charge in [-0.2, -0.15) is 0 Å². The number of carbonyl (C=O) groups is 1. The Morgan fingerprint density at radius 2 is 1.89 bits per heavy atom. The van der Waals surface area contributed by atoms with Gasteiger partial charge in [0.1, 0.15) is 12.4 Å². The monoisotopic (exact) mass is 268 g/mol. The molecule has 4 heteroatoms. The Kier molecular flexibility index (Phi) is 5.23. The summed E-state index contributed by atoms with van der Waals surface area (Å²) in [6, 6.07) is 3.65. The van der Waals surface area contributed by atoms with E-state index >= 15 is 0 Å². The smallest absolute Gasteiger partial charge is 0.336 e. The van der Waals surface area contributed by atoms with Crippen LogP contribution in [-0.4, -0.2) is 19.2 Å². The number of benzene rings is 1. The van der Waals surface area contributed by atoms with Crippen LogP contribution in [0.2, 0.25) is 5.02 Å². The van der Waals surface area contributed by atoms with Crippen molar-refractivity contribution in [2.75, 3.05) is 13.2 Å². The molecular weight excluding hydrogens is 252 g/mol. The Labute approximate surface area is 112 Å². The normalized spacial score (nSPS) is 10.0. The van der Waals surface area contributed by atoms with Gasteiger partial charge in [-0.15, -0.1) is 0 Å². The number of hydrogen-bond acceptors (Lipinski definition) is 3. The summed E-state index contributed by atoms with van der Waals surface area (Å²) in [4.78, 5) is 11.3. The fourth-order valence-corrected chi connectivity index (χ4v) is 1.56. The largest absolute Gasteiger partial charge is 0.489 e. The van der Waals surface area contributed by atoms with Crippen LogP contribution in [0.5, 0.6) is 5.75 Å². The van der Waals surface area contributed by atoms with Crippen molar-refractivity contribution < 1.29 is 14.3 Å². The zero-order valence-electron chi connectivity index (χ0n) is 10.9. The summed E-state index contributed by atoms with van der Waals surface area (Å²) >= 11 is 6.06. The zero-order chi connectivity index (χ0) is 13.7. The van der Waals surface area contributed by atoms with E-state index in [9.17, 15) is 4.79 Å². The Bertz CT molecular complexity index is 443. The molecular formula is C14H17ClO3.